The molecule has 0 aromatic carbocycles. The first-order valence-corrected chi connectivity index (χ1v) is 7.41. The van der Waals surface area contributed by atoms with Crippen LogP contribution in [-0.4, -0.2) is 24.3 Å². The molecule has 0 atom stereocenters. The Morgan fingerprint density at radius 2 is 2.26 bits per heavy atom. The summed E-state index contributed by atoms with van der Waals surface area (Å²) in [6, 6.07) is 5.04. The summed E-state index contributed by atoms with van der Waals surface area (Å²) < 4.78 is 31.4. The van der Waals surface area contributed by atoms with E-state index in [2.05, 4.69) is 4.98 Å². The molecule has 0 radical (unpaired) electrons. The molecule has 0 bridgehead atoms. The molecule has 6 nitrogen and oxygen atoms in total. The Kier molecular flexibility index (Phi) is 4.08. The molecule has 2 aromatic rings. The largest absolute Gasteiger partial charge is 0.468 e. The summed E-state index contributed by atoms with van der Waals surface area (Å²) in [6.45, 7) is 2.65. The molecule has 2 heterocycles. The predicted molar refractivity (Wildman–Crippen MR) is 70.7 cm³/mol. The van der Waals surface area contributed by atoms with Crippen molar-refractivity contribution in [3.63, 3.8) is 0 Å². The first-order valence-electron chi connectivity index (χ1n) is 5.97. The van der Waals surface area contributed by atoms with Crippen molar-refractivity contribution in [3.8, 4) is 0 Å². The van der Waals surface area contributed by atoms with E-state index in [1.807, 2.05) is 0 Å². The van der Waals surface area contributed by atoms with Crippen LogP contribution in [0.3, 0.4) is 0 Å². The molecule has 19 heavy (non-hydrogen) atoms. The maximum absolute atomic E-state index is 12.4. The zero-order chi connectivity index (χ0) is 13.9. The molecular formula is C12H17N3O3S. The maximum atomic E-state index is 12.4. The fourth-order valence-corrected chi connectivity index (χ4v) is 3.21. The van der Waals surface area contributed by atoms with Crippen molar-refractivity contribution in [2.24, 2.45) is 5.73 Å². The third-order valence-corrected chi connectivity index (χ3v) is 4.74. The van der Waals surface area contributed by atoms with Gasteiger partial charge in [-0.3, -0.25) is 0 Å². The zero-order valence-corrected chi connectivity index (χ0v) is 11.5. The van der Waals surface area contributed by atoms with Crippen molar-refractivity contribution in [1.29, 1.82) is 0 Å². The van der Waals surface area contributed by atoms with Gasteiger partial charge in [0.15, 0.2) is 0 Å². The summed E-state index contributed by atoms with van der Waals surface area (Å²) in [7, 11) is -3.53. The second kappa shape index (κ2) is 5.60. The summed E-state index contributed by atoms with van der Waals surface area (Å²) in [5.74, 6) is 0.611. The molecule has 0 unspecified atom stereocenters. The lowest BCUT2D eigenvalue weighted by atomic mass is 10.4. The number of rotatable bonds is 6. The zero-order valence-electron chi connectivity index (χ0n) is 10.7. The molecule has 2 rings (SSSR count). The van der Waals surface area contributed by atoms with Crippen LogP contribution in [0.1, 0.15) is 18.4 Å². The van der Waals surface area contributed by atoms with E-state index in [1.165, 1.54) is 16.8 Å². The summed E-state index contributed by atoms with van der Waals surface area (Å²) in [5, 5.41) is 0. The van der Waals surface area contributed by atoms with Gasteiger partial charge in [0.2, 0.25) is 10.0 Å². The first kappa shape index (κ1) is 13.9. The lowest BCUT2D eigenvalue weighted by molar-refractivity contribution is 0.375. The smallest absolute Gasteiger partial charge is 0.244 e. The topological polar surface area (TPSA) is 92.3 Å². The average molecular weight is 283 g/mol. The van der Waals surface area contributed by atoms with E-state index in [1.54, 1.807) is 25.1 Å². The van der Waals surface area contributed by atoms with Crippen LogP contribution < -0.4 is 5.73 Å². The van der Waals surface area contributed by atoms with Gasteiger partial charge >= 0.3 is 0 Å². The monoisotopic (exact) mass is 283 g/mol. The van der Waals surface area contributed by atoms with Crippen LogP contribution in [0.5, 0.6) is 0 Å². The normalized spacial score (nSPS) is 12.2. The quantitative estimate of drug-likeness (QED) is 0.835. The van der Waals surface area contributed by atoms with Gasteiger partial charge in [0.05, 0.1) is 17.7 Å². The van der Waals surface area contributed by atoms with Gasteiger partial charge in [-0.15, -0.1) is 0 Å². The van der Waals surface area contributed by atoms with Gasteiger partial charge in [0.1, 0.15) is 5.76 Å². The molecule has 2 aromatic heterocycles. The van der Waals surface area contributed by atoms with E-state index in [0.29, 0.717) is 18.0 Å². The summed E-state index contributed by atoms with van der Waals surface area (Å²) in [5.41, 5.74) is 6.16. The minimum absolute atomic E-state index is 0.217. The Balaban J connectivity index is 2.25. The highest BCUT2D eigenvalue weighted by atomic mass is 32.2. The number of aromatic nitrogens is 1. The van der Waals surface area contributed by atoms with Crippen molar-refractivity contribution in [1.82, 2.24) is 9.29 Å². The summed E-state index contributed by atoms with van der Waals surface area (Å²) >= 11 is 0. The Morgan fingerprint density at radius 1 is 1.47 bits per heavy atom. The van der Waals surface area contributed by atoms with Crippen molar-refractivity contribution in [2.75, 3.05) is 6.54 Å². The number of nitrogens with one attached hydrogen (secondary N) is 1. The first-order chi connectivity index (χ1) is 9.07. The molecule has 7 heteroatoms. The van der Waals surface area contributed by atoms with Crippen LogP contribution in [0.2, 0.25) is 0 Å². The molecule has 0 spiro atoms. The lowest BCUT2D eigenvalue weighted by Crippen LogP contribution is -2.30. The lowest BCUT2D eigenvalue weighted by Gasteiger charge is -2.18. The van der Waals surface area contributed by atoms with Crippen molar-refractivity contribution >= 4 is 10.0 Å². The minimum atomic E-state index is -3.53. The Morgan fingerprint density at radius 3 is 2.79 bits per heavy atom. The average Bonchev–Trinajstić information content (AvgIpc) is 3.06. The minimum Gasteiger partial charge on any atom is -0.468 e. The van der Waals surface area contributed by atoms with Crippen molar-refractivity contribution < 1.29 is 12.8 Å². The Labute approximate surface area is 112 Å². The van der Waals surface area contributed by atoms with Gasteiger partial charge in [-0.2, -0.15) is 4.31 Å². The highest BCUT2D eigenvalue weighted by Crippen LogP contribution is 2.19. The van der Waals surface area contributed by atoms with E-state index in [0.717, 1.165) is 0 Å². The number of hydrogen-bond acceptors (Lipinski definition) is 4. The number of furan rings is 1. The number of nitrogens with two attached hydrogens (primary N) is 1. The fourth-order valence-electron chi connectivity index (χ4n) is 1.78. The van der Waals surface area contributed by atoms with Crippen molar-refractivity contribution in [2.45, 2.75) is 24.9 Å². The highest BCUT2D eigenvalue weighted by molar-refractivity contribution is 7.89. The summed E-state index contributed by atoms with van der Waals surface area (Å²) in [6.07, 6.45) is 2.99. The summed E-state index contributed by atoms with van der Waals surface area (Å²) in [4.78, 5) is 3.07. The Hall–Kier alpha value is -1.57. The van der Waals surface area contributed by atoms with Crippen LogP contribution >= 0.6 is 0 Å². The molecule has 0 saturated heterocycles. The number of hydrogen-bond donors (Lipinski definition) is 2. The molecule has 0 aliphatic heterocycles. The van der Waals surface area contributed by atoms with Crippen LogP contribution in [0.25, 0.3) is 0 Å². The van der Waals surface area contributed by atoms with Gasteiger partial charge < -0.3 is 15.1 Å². The molecule has 3 N–H and O–H groups in total. The number of sulfonamides is 1. The predicted octanol–water partition coefficient (Wildman–Crippen LogP) is 1.28. The Bertz CT molecular complexity index is 616. The third-order valence-electron chi connectivity index (χ3n) is 2.84. The second-order valence-electron chi connectivity index (χ2n) is 4.08. The second-order valence-corrected chi connectivity index (χ2v) is 6.01. The van der Waals surface area contributed by atoms with Gasteiger partial charge in [0.25, 0.3) is 0 Å². The molecule has 104 valence electrons. The molecule has 0 aliphatic carbocycles. The van der Waals surface area contributed by atoms with Crippen LogP contribution in [0, 0.1) is 0 Å². The molecule has 0 aliphatic rings. The van der Waals surface area contributed by atoms with Crippen LogP contribution in [-0.2, 0) is 23.1 Å². The maximum Gasteiger partial charge on any atom is 0.244 e. The van der Waals surface area contributed by atoms with E-state index in [9.17, 15) is 8.42 Å². The fraction of sp³-hybridized carbons (Fsp3) is 0.333. The van der Waals surface area contributed by atoms with Gasteiger partial charge in [-0.1, -0.05) is 6.92 Å². The van der Waals surface area contributed by atoms with Gasteiger partial charge in [-0.25, -0.2) is 8.42 Å². The van der Waals surface area contributed by atoms with E-state index in [4.69, 9.17) is 10.2 Å². The molecule has 0 amide bonds. The van der Waals surface area contributed by atoms with E-state index in [-0.39, 0.29) is 18.0 Å². The number of H-pyrrole nitrogens is 1. The van der Waals surface area contributed by atoms with Crippen molar-refractivity contribution in [3.05, 3.63) is 42.1 Å². The van der Waals surface area contributed by atoms with E-state index >= 15 is 0 Å². The third kappa shape index (κ3) is 2.89. The molecule has 0 saturated carbocycles. The SMILES string of the molecule is CCN(Cc1ccco1)S(=O)(=O)c1c[nH]c(CN)c1. The highest BCUT2D eigenvalue weighted by Gasteiger charge is 2.25. The molecule has 0 fully saturated rings. The van der Waals surface area contributed by atoms with Crippen LogP contribution in [0.15, 0.2) is 40.0 Å². The molecular weight excluding hydrogens is 266 g/mol. The van der Waals surface area contributed by atoms with Gasteiger partial charge in [0, 0.05) is 25.0 Å². The standard InChI is InChI=1S/C12H17N3O3S/c1-2-15(9-11-4-3-5-18-11)19(16,17)12-6-10(7-13)14-8-12/h3-6,8,14H,2,7,9,13H2,1H3. The van der Waals surface area contributed by atoms with Gasteiger partial charge in [-0.05, 0) is 18.2 Å². The van der Waals surface area contributed by atoms with E-state index < -0.39 is 10.0 Å². The number of aromatic amines is 1. The van der Waals surface area contributed by atoms with Crippen LogP contribution in [0.4, 0.5) is 0 Å². The number of nitrogens with zero attached hydrogens (tertiary/aromatic N) is 1.